The largest absolute Gasteiger partial charge is 0.302 e. The normalized spacial score (nSPS) is 15.6. The summed E-state index contributed by atoms with van der Waals surface area (Å²) in [5, 5.41) is 4.43. The lowest BCUT2D eigenvalue weighted by Crippen LogP contribution is -2.41. The summed E-state index contributed by atoms with van der Waals surface area (Å²) in [4.78, 5) is 16.8. The van der Waals surface area contributed by atoms with E-state index in [1.807, 2.05) is 0 Å². The Balaban J connectivity index is 1.38. The number of benzene rings is 2. The molecule has 0 spiro atoms. The van der Waals surface area contributed by atoms with Gasteiger partial charge in [-0.2, -0.15) is 4.31 Å². The monoisotopic (exact) mass is 481 g/mol. The number of piperidine rings is 1. The van der Waals surface area contributed by atoms with Gasteiger partial charge in [-0.25, -0.2) is 26.6 Å². The maximum absolute atomic E-state index is 13.9. The molecule has 6 nitrogen and oxygen atoms in total. The number of halogens is 3. The predicted octanol–water partition coefficient (Wildman–Crippen LogP) is 4.27. The molecule has 0 atom stereocenters. The van der Waals surface area contributed by atoms with Crippen molar-refractivity contribution in [2.75, 3.05) is 18.4 Å². The molecule has 1 aromatic heterocycles. The zero-order valence-electron chi connectivity index (χ0n) is 16.6. The lowest BCUT2D eigenvalue weighted by atomic mass is 9.97. The highest BCUT2D eigenvalue weighted by atomic mass is 32.2. The summed E-state index contributed by atoms with van der Waals surface area (Å²) in [7, 11) is -3.76. The van der Waals surface area contributed by atoms with E-state index < -0.39 is 33.4 Å². The molecule has 3 aromatic rings. The van der Waals surface area contributed by atoms with Gasteiger partial charge in [0.05, 0.1) is 10.6 Å². The smallest absolute Gasteiger partial charge is 0.243 e. The van der Waals surface area contributed by atoms with E-state index in [0.717, 1.165) is 41.7 Å². The zero-order valence-corrected chi connectivity index (χ0v) is 18.2. The van der Waals surface area contributed by atoms with Gasteiger partial charge in [0.2, 0.25) is 15.9 Å². The molecule has 1 aliphatic rings. The van der Waals surface area contributed by atoms with E-state index in [2.05, 4.69) is 10.3 Å². The molecule has 0 bridgehead atoms. The van der Waals surface area contributed by atoms with Crippen molar-refractivity contribution in [1.29, 1.82) is 0 Å². The van der Waals surface area contributed by atoms with Gasteiger partial charge in [0.1, 0.15) is 17.5 Å². The third-order valence-corrected chi connectivity index (χ3v) is 7.89. The fourth-order valence-corrected chi connectivity index (χ4v) is 5.65. The molecule has 1 saturated heterocycles. The Morgan fingerprint density at radius 1 is 1.03 bits per heavy atom. The molecule has 2 aromatic carbocycles. The van der Waals surface area contributed by atoms with Crippen LogP contribution < -0.4 is 5.32 Å². The lowest BCUT2D eigenvalue weighted by molar-refractivity contribution is -0.120. The maximum Gasteiger partial charge on any atom is 0.243 e. The van der Waals surface area contributed by atoms with Gasteiger partial charge in [-0.3, -0.25) is 4.79 Å². The maximum atomic E-state index is 13.9. The SMILES string of the molecule is O=C(Nc1nc(-c2cc(F)ccc2F)cs1)C1CCN(S(=O)(=O)c2ccc(F)cc2)CC1. The number of carbonyl (C=O) groups is 1. The van der Waals surface area contributed by atoms with Crippen LogP contribution in [-0.2, 0) is 14.8 Å². The topological polar surface area (TPSA) is 79.4 Å². The van der Waals surface area contributed by atoms with Crippen molar-refractivity contribution in [3.8, 4) is 11.3 Å². The van der Waals surface area contributed by atoms with E-state index in [9.17, 15) is 26.4 Å². The van der Waals surface area contributed by atoms with Crippen LogP contribution in [0.1, 0.15) is 12.8 Å². The van der Waals surface area contributed by atoms with Crippen molar-refractivity contribution >= 4 is 32.4 Å². The second kappa shape index (κ2) is 9.00. The van der Waals surface area contributed by atoms with Crippen LogP contribution in [0.4, 0.5) is 18.3 Å². The first-order valence-electron chi connectivity index (χ1n) is 9.71. The summed E-state index contributed by atoms with van der Waals surface area (Å²) in [5.41, 5.74) is 0.212. The van der Waals surface area contributed by atoms with Gasteiger partial charge < -0.3 is 5.32 Å². The van der Waals surface area contributed by atoms with Gasteiger partial charge in [0.15, 0.2) is 5.13 Å². The van der Waals surface area contributed by atoms with Crippen LogP contribution in [0.15, 0.2) is 52.7 Å². The van der Waals surface area contributed by atoms with Crippen LogP contribution in [0.25, 0.3) is 11.3 Å². The quantitative estimate of drug-likeness (QED) is 0.591. The second-order valence-electron chi connectivity index (χ2n) is 7.28. The Labute approximate surface area is 186 Å². The first-order valence-corrected chi connectivity index (χ1v) is 12.0. The summed E-state index contributed by atoms with van der Waals surface area (Å²) in [6.07, 6.45) is 0.617. The molecular formula is C21H18F3N3O3S2. The minimum atomic E-state index is -3.76. The van der Waals surface area contributed by atoms with Crippen molar-refractivity contribution in [2.45, 2.75) is 17.7 Å². The molecule has 0 radical (unpaired) electrons. The van der Waals surface area contributed by atoms with Crippen LogP contribution in [-0.4, -0.2) is 36.7 Å². The van der Waals surface area contributed by atoms with Crippen LogP contribution in [0.3, 0.4) is 0 Å². The Morgan fingerprint density at radius 3 is 2.38 bits per heavy atom. The Bertz CT molecular complexity index is 1240. The number of amides is 1. The summed E-state index contributed by atoms with van der Waals surface area (Å²) >= 11 is 1.09. The molecule has 1 fully saturated rings. The number of hydrogen-bond acceptors (Lipinski definition) is 5. The van der Waals surface area contributed by atoms with Crippen LogP contribution >= 0.6 is 11.3 Å². The molecule has 168 valence electrons. The van der Waals surface area contributed by atoms with Gasteiger partial charge in [0.25, 0.3) is 0 Å². The van der Waals surface area contributed by atoms with Crippen molar-refractivity contribution in [3.63, 3.8) is 0 Å². The molecule has 0 aliphatic carbocycles. The second-order valence-corrected chi connectivity index (χ2v) is 10.1. The molecule has 11 heteroatoms. The molecule has 0 saturated carbocycles. The minimum absolute atomic E-state index is 0.000979. The van der Waals surface area contributed by atoms with Gasteiger partial charge in [-0.05, 0) is 55.3 Å². The van der Waals surface area contributed by atoms with Crippen LogP contribution in [0.2, 0.25) is 0 Å². The van der Waals surface area contributed by atoms with Gasteiger partial charge in [-0.1, -0.05) is 0 Å². The number of hydrogen-bond donors (Lipinski definition) is 1. The van der Waals surface area contributed by atoms with Crippen molar-refractivity contribution in [2.24, 2.45) is 5.92 Å². The number of anilines is 1. The van der Waals surface area contributed by atoms with Gasteiger partial charge >= 0.3 is 0 Å². The Kier molecular flexibility index (Phi) is 6.31. The fraction of sp³-hybridized carbons (Fsp3) is 0.238. The predicted molar refractivity (Wildman–Crippen MR) is 114 cm³/mol. The minimum Gasteiger partial charge on any atom is -0.302 e. The Morgan fingerprint density at radius 2 is 1.69 bits per heavy atom. The number of thiazole rings is 1. The summed E-state index contributed by atoms with van der Waals surface area (Å²) < 4.78 is 67.1. The summed E-state index contributed by atoms with van der Waals surface area (Å²) in [6, 6.07) is 7.66. The van der Waals surface area contributed by atoms with E-state index in [4.69, 9.17) is 0 Å². The third-order valence-electron chi connectivity index (χ3n) is 5.21. The third kappa shape index (κ3) is 4.69. The molecule has 32 heavy (non-hydrogen) atoms. The number of nitrogens with one attached hydrogen (secondary N) is 1. The van der Waals surface area contributed by atoms with Gasteiger partial charge in [-0.15, -0.1) is 11.3 Å². The molecule has 0 unspecified atom stereocenters. The number of nitrogens with zero attached hydrogens (tertiary/aromatic N) is 2. The fourth-order valence-electron chi connectivity index (χ4n) is 3.47. The van der Waals surface area contributed by atoms with E-state index in [-0.39, 0.29) is 40.3 Å². The van der Waals surface area contributed by atoms with Crippen LogP contribution in [0, 0.1) is 23.4 Å². The molecule has 4 rings (SSSR count). The van der Waals surface area contributed by atoms with E-state index >= 15 is 0 Å². The van der Waals surface area contributed by atoms with Crippen molar-refractivity contribution < 1.29 is 26.4 Å². The molecule has 1 aliphatic heterocycles. The zero-order chi connectivity index (χ0) is 22.9. The highest BCUT2D eigenvalue weighted by molar-refractivity contribution is 7.89. The average molecular weight is 482 g/mol. The molecule has 2 heterocycles. The highest BCUT2D eigenvalue weighted by Crippen LogP contribution is 2.29. The van der Waals surface area contributed by atoms with Gasteiger partial charge in [0, 0.05) is 30.0 Å². The number of rotatable bonds is 5. The standard InChI is InChI=1S/C21H18F3N3O3S2/c22-14-1-4-16(5-2-14)32(29,30)27-9-7-13(8-10-27)20(28)26-21-25-19(12-31-21)17-11-15(23)3-6-18(17)24/h1-6,11-13H,7-10H2,(H,25,26,28). The molecular weight excluding hydrogens is 463 g/mol. The molecule has 1 amide bonds. The lowest BCUT2D eigenvalue weighted by Gasteiger charge is -2.30. The van der Waals surface area contributed by atoms with Crippen molar-refractivity contribution in [3.05, 3.63) is 65.3 Å². The average Bonchev–Trinajstić information content (AvgIpc) is 3.24. The number of carbonyl (C=O) groups excluding carboxylic acids is 1. The number of aromatic nitrogens is 1. The Hall–Kier alpha value is -2.76. The number of sulfonamides is 1. The summed E-state index contributed by atoms with van der Waals surface area (Å²) in [5.74, 6) is -2.48. The first-order chi connectivity index (χ1) is 15.2. The van der Waals surface area contributed by atoms with Crippen LogP contribution in [0.5, 0.6) is 0 Å². The van der Waals surface area contributed by atoms with E-state index in [0.29, 0.717) is 12.8 Å². The summed E-state index contributed by atoms with van der Waals surface area (Å²) in [6.45, 7) is 0.296. The molecule has 1 N–H and O–H groups in total. The van der Waals surface area contributed by atoms with E-state index in [1.165, 1.54) is 21.8 Å². The first kappa shape index (κ1) is 22.4. The van der Waals surface area contributed by atoms with E-state index in [1.54, 1.807) is 0 Å². The van der Waals surface area contributed by atoms with Crippen molar-refractivity contribution in [1.82, 2.24) is 9.29 Å². The highest BCUT2D eigenvalue weighted by Gasteiger charge is 2.32.